The van der Waals surface area contributed by atoms with Crippen LogP contribution in [0.25, 0.3) is 0 Å². The Kier molecular flexibility index (Phi) is 2.70. The van der Waals surface area contributed by atoms with E-state index in [1.54, 1.807) is 0 Å². The van der Waals surface area contributed by atoms with E-state index in [2.05, 4.69) is 19.2 Å². The van der Waals surface area contributed by atoms with Gasteiger partial charge in [-0.2, -0.15) is 0 Å². The minimum Gasteiger partial charge on any atom is -0.340 e. The van der Waals surface area contributed by atoms with Crippen molar-refractivity contribution in [1.29, 1.82) is 0 Å². The van der Waals surface area contributed by atoms with E-state index in [0.29, 0.717) is 11.8 Å². The summed E-state index contributed by atoms with van der Waals surface area (Å²) < 4.78 is 0. The Morgan fingerprint density at radius 1 is 1.32 bits per heavy atom. The molecule has 2 aliphatic carbocycles. The zero-order valence-corrected chi connectivity index (χ0v) is 12.2. The number of nitrogens with one attached hydrogen (secondary N) is 1. The van der Waals surface area contributed by atoms with Gasteiger partial charge in [-0.05, 0) is 49.9 Å². The molecule has 1 heterocycles. The molecule has 19 heavy (non-hydrogen) atoms. The van der Waals surface area contributed by atoms with Crippen LogP contribution < -0.4 is 5.32 Å². The Morgan fingerprint density at radius 2 is 1.95 bits per heavy atom. The smallest absolute Gasteiger partial charge is 0.248 e. The number of hydrogen-bond acceptors (Lipinski definition) is 2. The van der Waals surface area contributed by atoms with Gasteiger partial charge in [0.05, 0.1) is 6.54 Å². The number of amides is 2. The van der Waals surface area contributed by atoms with Crippen molar-refractivity contribution in [2.24, 2.45) is 17.3 Å². The van der Waals surface area contributed by atoms with Gasteiger partial charge in [0.25, 0.3) is 0 Å². The Morgan fingerprint density at radius 3 is 2.42 bits per heavy atom. The predicted octanol–water partition coefficient (Wildman–Crippen LogP) is 1.55. The van der Waals surface area contributed by atoms with Crippen molar-refractivity contribution < 1.29 is 9.59 Å². The summed E-state index contributed by atoms with van der Waals surface area (Å²) in [5.74, 6) is 1.08. The van der Waals surface area contributed by atoms with Crippen molar-refractivity contribution in [3.63, 3.8) is 0 Å². The fraction of sp³-hybridized carbons (Fsp3) is 0.867. The molecule has 1 saturated heterocycles. The molecule has 3 aliphatic rings. The van der Waals surface area contributed by atoms with Crippen molar-refractivity contribution in [1.82, 2.24) is 10.2 Å². The molecule has 2 saturated carbocycles. The van der Waals surface area contributed by atoms with Crippen LogP contribution in [0.2, 0.25) is 0 Å². The summed E-state index contributed by atoms with van der Waals surface area (Å²) in [6, 6.07) is 0. The molecule has 1 unspecified atom stereocenters. The summed E-state index contributed by atoms with van der Waals surface area (Å²) in [5.41, 5.74) is -0.361. The predicted molar refractivity (Wildman–Crippen MR) is 72.4 cm³/mol. The first-order valence-corrected chi connectivity index (χ1v) is 7.48. The third kappa shape index (κ3) is 2.05. The molecule has 2 amide bonds. The fourth-order valence-electron chi connectivity index (χ4n) is 3.48. The molecular formula is C15H24N2O2. The number of carbonyl (C=O) groups excluding carboxylic acids is 2. The molecule has 0 bridgehead atoms. The van der Waals surface area contributed by atoms with Gasteiger partial charge >= 0.3 is 0 Å². The van der Waals surface area contributed by atoms with Crippen LogP contribution in [0.5, 0.6) is 0 Å². The standard InChI is InChI=1S/C15H24N2O2/c1-10(2)15(6-7-15)9-17-8-12(18)16-14(3,13(17)19)11-4-5-11/h10-11H,4-9H2,1-3H3,(H,16,18). The molecule has 106 valence electrons. The highest BCUT2D eigenvalue weighted by molar-refractivity contribution is 5.98. The van der Waals surface area contributed by atoms with Crippen LogP contribution >= 0.6 is 0 Å². The van der Waals surface area contributed by atoms with Crippen LogP contribution in [0.15, 0.2) is 0 Å². The van der Waals surface area contributed by atoms with Crippen molar-refractivity contribution in [2.45, 2.75) is 52.0 Å². The largest absolute Gasteiger partial charge is 0.340 e. The molecule has 0 aromatic heterocycles. The summed E-state index contributed by atoms with van der Waals surface area (Å²) in [7, 11) is 0. The lowest BCUT2D eigenvalue weighted by Crippen LogP contribution is -2.67. The topological polar surface area (TPSA) is 49.4 Å². The first-order chi connectivity index (χ1) is 8.87. The monoisotopic (exact) mass is 264 g/mol. The zero-order chi connectivity index (χ0) is 13.8. The molecule has 0 aromatic carbocycles. The summed E-state index contributed by atoms with van der Waals surface area (Å²) in [4.78, 5) is 26.5. The Bertz CT molecular complexity index is 424. The van der Waals surface area contributed by atoms with Gasteiger partial charge < -0.3 is 10.2 Å². The van der Waals surface area contributed by atoms with Crippen LogP contribution in [0.4, 0.5) is 0 Å². The minimum atomic E-state index is -0.637. The first kappa shape index (κ1) is 12.9. The van der Waals surface area contributed by atoms with E-state index in [9.17, 15) is 9.59 Å². The van der Waals surface area contributed by atoms with Gasteiger partial charge in [-0.15, -0.1) is 0 Å². The normalized spacial score (nSPS) is 33.6. The lowest BCUT2D eigenvalue weighted by atomic mass is 9.88. The molecule has 0 radical (unpaired) electrons. The highest BCUT2D eigenvalue weighted by Gasteiger charge is 2.55. The van der Waals surface area contributed by atoms with Gasteiger partial charge in [0.2, 0.25) is 11.8 Å². The number of rotatable bonds is 4. The highest BCUT2D eigenvalue weighted by Crippen LogP contribution is 2.53. The molecule has 3 rings (SSSR count). The second-order valence-electron chi connectivity index (χ2n) is 7.20. The molecule has 0 spiro atoms. The van der Waals surface area contributed by atoms with Crippen LogP contribution in [0.3, 0.4) is 0 Å². The van der Waals surface area contributed by atoms with Crippen LogP contribution in [0, 0.1) is 17.3 Å². The van der Waals surface area contributed by atoms with E-state index in [0.717, 1.165) is 19.4 Å². The molecule has 4 heteroatoms. The number of piperazine rings is 1. The average Bonchev–Trinajstić information content (AvgIpc) is 3.17. The van der Waals surface area contributed by atoms with Crippen molar-refractivity contribution in [2.75, 3.05) is 13.1 Å². The second kappa shape index (κ2) is 3.97. The van der Waals surface area contributed by atoms with Crippen LogP contribution in [-0.2, 0) is 9.59 Å². The van der Waals surface area contributed by atoms with Crippen LogP contribution in [0.1, 0.15) is 46.5 Å². The Balaban J connectivity index is 1.77. The molecule has 1 atom stereocenters. The molecule has 1 aliphatic heterocycles. The van der Waals surface area contributed by atoms with Gasteiger partial charge in [0.1, 0.15) is 5.54 Å². The molecule has 4 nitrogen and oxygen atoms in total. The average molecular weight is 264 g/mol. The van der Waals surface area contributed by atoms with Crippen molar-refractivity contribution in [3.8, 4) is 0 Å². The fourth-order valence-corrected chi connectivity index (χ4v) is 3.48. The van der Waals surface area contributed by atoms with Gasteiger partial charge in [-0.3, -0.25) is 9.59 Å². The zero-order valence-electron chi connectivity index (χ0n) is 12.2. The molecular weight excluding hydrogens is 240 g/mol. The second-order valence-corrected chi connectivity index (χ2v) is 7.20. The van der Waals surface area contributed by atoms with Gasteiger partial charge in [0, 0.05) is 6.54 Å². The van der Waals surface area contributed by atoms with E-state index in [1.165, 1.54) is 12.8 Å². The van der Waals surface area contributed by atoms with Crippen LogP contribution in [-0.4, -0.2) is 35.3 Å². The van der Waals surface area contributed by atoms with Crippen molar-refractivity contribution in [3.05, 3.63) is 0 Å². The van der Waals surface area contributed by atoms with E-state index in [4.69, 9.17) is 0 Å². The molecule has 0 aromatic rings. The maximum absolute atomic E-state index is 12.7. The Labute approximate surface area is 114 Å². The summed E-state index contributed by atoms with van der Waals surface area (Å²) in [6.45, 7) is 7.37. The summed E-state index contributed by atoms with van der Waals surface area (Å²) in [6.07, 6.45) is 4.50. The first-order valence-electron chi connectivity index (χ1n) is 7.48. The highest BCUT2D eigenvalue weighted by atomic mass is 16.2. The SMILES string of the molecule is CC(C)C1(CN2CC(=O)NC(C)(C3CC3)C2=O)CC1. The van der Waals surface area contributed by atoms with E-state index < -0.39 is 5.54 Å². The van der Waals surface area contributed by atoms with Gasteiger partial charge in [0.15, 0.2) is 0 Å². The lowest BCUT2D eigenvalue weighted by Gasteiger charge is -2.42. The van der Waals surface area contributed by atoms with E-state index in [-0.39, 0.29) is 23.8 Å². The van der Waals surface area contributed by atoms with Gasteiger partial charge in [-0.1, -0.05) is 13.8 Å². The quantitative estimate of drug-likeness (QED) is 0.837. The molecule has 3 fully saturated rings. The maximum atomic E-state index is 12.7. The minimum absolute atomic E-state index is 0.00792. The van der Waals surface area contributed by atoms with Gasteiger partial charge in [-0.25, -0.2) is 0 Å². The number of nitrogens with zero attached hydrogens (tertiary/aromatic N) is 1. The summed E-state index contributed by atoms with van der Waals surface area (Å²) in [5, 5.41) is 2.94. The maximum Gasteiger partial charge on any atom is 0.248 e. The lowest BCUT2D eigenvalue weighted by molar-refractivity contribution is -0.151. The number of carbonyl (C=O) groups is 2. The third-order valence-corrected chi connectivity index (χ3v) is 5.48. The van der Waals surface area contributed by atoms with E-state index in [1.807, 2.05) is 11.8 Å². The third-order valence-electron chi connectivity index (χ3n) is 5.48. The molecule has 1 N–H and O–H groups in total. The number of hydrogen-bond donors (Lipinski definition) is 1. The Hall–Kier alpha value is -1.06. The van der Waals surface area contributed by atoms with Crippen molar-refractivity contribution >= 4 is 11.8 Å². The summed E-state index contributed by atoms with van der Waals surface area (Å²) >= 11 is 0. The van der Waals surface area contributed by atoms with E-state index >= 15 is 0 Å².